The van der Waals surface area contributed by atoms with Crippen LogP contribution in [-0.4, -0.2) is 23.3 Å². The van der Waals surface area contributed by atoms with Crippen molar-refractivity contribution < 1.29 is 27.6 Å². The number of carbonyl (C=O) groups is 2. The second-order valence-electron chi connectivity index (χ2n) is 1.54. The number of carbonyl (C=O) groups excluding carboxylic acids is 2. The van der Waals surface area contributed by atoms with Gasteiger partial charge in [-0.2, -0.15) is 13.2 Å². The van der Waals surface area contributed by atoms with Crippen molar-refractivity contribution in [1.82, 2.24) is 5.17 Å². The molecule has 0 aromatic rings. The number of primary amides is 1. The zero-order chi connectivity index (χ0) is 9.94. The minimum absolute atomic E-state index is 0.518. The van der Waals surface area contributed by atoms with Crippen molar-refractivity contribution in [1.29, 1.82) is 0 Å². The number of hydrogen-bond acceptors (Lipinski definition) is 4. The van der Waals surface area contributed by atoms with Crippen molar-refractivity contribution in [2.75, 3.05) is 0 Å². The third kappa shape index (κ3) is 3.05. The fourth-order valence-corrected chi connectivity index (χ4v) is 0.186. The summed E-state index contributed by atoms with van der Waals surface area (Å²) in [6, 6.07) is -1.52. The van der Waals surface area contributed by atoms with Crippen LogP contribution in [0.1, 0.15) is 0 Å². The highest BCUT2D eigenvalue weighted by Crippen LogP contribution is 2.16. The molecule has 0 saturated carbocycles. The highest BCUT2D eigenvalue weighted by atomic mass is 19.4. The van der Waals surface area contributed by atoms with Crippen LogP contribution >= 0.6 is 0 Å². The first-order valence-electron chi connectivity index (χ1n) is 2.38. The number of hydrazine groups is 1. The molecule has 0 radical (unpaired) electrons. The van der Waals surface area contributed by atoms with E-state index in [-0.39, 0.29) is 0 Å². The molecule has 6 nitrogen and oxygen atoms in total. The molecular weight excluding hydrogens is 183 g/mol. The van der Waals surface area contributed by atoms with Crippen LogP contribution in [0.2, 0.25) is 0 Å². The van der Waals surface area contributed by atoms with Crippen molar-refractivity contribution in [3.8, 4) is 0 Å². The van der Waals surface area contributed by atoms with Crippen LogP contribution in [0.5, 0.6) is 0 Å². The molecule has 12 heavy (non-hydrogen) atoms. The lowest BCUT2D eigenvalue weighted by molar-refractivity contribution is -0.228. The maximum atomic E-state index is 11.4. The number of hydrogen-bond donors (Lipinski definition) is 2. The third-order valence-electron chi connectivity index (χ3n) is 0.630. The fourth-order valence-electron chi connectivity index (χ4n) is 0.186. The quantitative estimate of drug-likeness (QED) is 0.296. The van der Waals surface area contributed by atoms with Gasteiger partial charge in [0.1, 0.15) is 0 Å². The Hall–Kier alpha value is -1.51. The van der Waals surface area contributed by atoms with Gasteiger partial charge in [-0.3, -0.25) is 0 Å². The number of hydroxylamine groups is 1. The second-order valence-corrected chi connectivity index (χ2v) is 1.54. The van der Waals surface area contributed by atoms with E-state index in [2.05, 4.69) is 16.4 Å². The Morgan fingerprint density at radius 1 is 1.33 bits per heavy atom. The SMILES string of the molecule is NC(=O)N(N)OC(=O)C(F)(F)F. The van der Waals surface area contributed by atoms with Gasteiger partial charge in [0, 0.05) is 0 Å². The van der Waals surface area contributed by atoms with Crippen LogP contribution in [0, 0.1) is 0 Å². The smallest absolute Gasteiger partial charge is 0.348 e. The summed E-state index contributed by atoms with van der Waals surface area (Å²) in [4.78, 5) is 23.1. The Bertz CT molecular complexity index is 203. The minimum atomic E-state index is -5.22. The lowest BCUT2D eigenvalue weighted by atomic mass is 10.7. The van der Waals surface area contributed by atoms with Gasteiger partial charge >= 0.3 is 18.2 Å². The summed E-state index contributed by atoms with van der Waals surface area (Å²) in [5.41, 5.74) is 4.34. The molecule has 70 valence electrons. The molecule has 0 atom stereocenters. The van der Waals surface area contributed by atoms with Gasteiger partial charge in [0.05, 0.1) is 0 Å². The number of nitrogens with zero attached hydrogens (tertiary/aromatic N) is 1. The summed E-state index contributed by atoms with van der Waals surface area (Å²) >= 11 is 0. The van der Waals surface area contributed by atoms with Crippen molar-refractivity contribution >= 4 is 12.0 Å². The lowest BCUT2D eigenvalue weighted by Crippen LogP contribution is -2.45. The van der Waals surface area contributed by atoms with E-state index in [0.29, 0.717) is 0 Å². The molecule has 0 aromatic carbocycles. The standard InChI is InChI=1S/C3H4F3N3O3/c4-3(5,6)1(10)12-9(8)2(7)11/h8H2,(H2,7,11). The van der Waals surface area contributed by atoms with Gasteiger partial charge in [-0.15, -0.1) is 0 Å². The highest BCUT2D eigenvalue weighted by molar-refractivity contribution is 5.78. The van der Waals surface area contributed by atoms with Crippen molar-refractivity contribution in [2.45, 2.75) is 6.18 Å². The zero-order valence-electron chi connectivity index (χ0n) is 5.46. The molecule has 0 saturated heterocycles. The summed E-state index contributed by atoms with van der Waals surface area (Å²) < 4.78 is 34.1. The van der Waals surface area contributed by atoms with E-state index in [0.717, 1.165) is 0 Å². The topological polar surface area (TPSA) is 98.7 Å². The van der Waals surface area contributed by atoms with Crippen LogP contribution in [0.3, 0.4) is 0 Å². The average Bonchev–Trinajstić information content (AvgIpc) is 1.85. The maximum Gasteiger partial charge on any atom is 0.493 e. The Morgan fingerprint density at radius 2 is 1.75 bits per heavy atom. The second kappa shape index (κ2) is 3.26. The molecule has 0 heterocycles. The molecule has 0 aliphatic heterocycles. The van der Waals surface area contributed by atoms with Crippen molar-refractivity contribution in [2.24, 2.45) is 11.6 Å². The Labute approximate surface area is 63.8 Å². The first kappa shape index (κ1) is 10.5. The van der Waals surface area contributed by atoms with E-state index in [9.17, 15) is 22.8 Å². The molecular formula is C3H4F3N3O3. The summed E-state index contributed by atoms with van der Waals surface area (Å²) in [6.07, 6.45) is -5.22. The minimum Gasteiger partial charge on any atom is -0.348 e. The van der Waals surface area contributed by atoms with E-state index in [4.69, 9.17) is 0 Å². The van der Waals surface area contributed by atoms with E-state index >= 15 is 0 Å². The summed E-state index contributed by atoms with van der Waals surface area (Å²) in [5.74, 6) is 1.81. The molecule has 0 aromatic heterocycles. The molecule has 0 aliphatic rings. The molecule has 0 bridgehead atoms. The van der Waals surface area contributed by atoms with E-state index in [1.165, 1.54) is 0 Å². The van der Waals surface area contributed by atoms with Gasteiger partial charge < -0.3 is 10.6 Å². The summed E-state index contributed by atoms with van der Waals surface area (Å²) in [6.45, 7) is 0. The van der Waals surface area contributed by atoms with Gasteiger partial charge in [-0.25, -0.2) is 15.4 Å². The molecule has 0 fully saturated rings. The number of amides is 2. The number of alkyl halides is 3. The van der Waals surface area contributed by atoms with Gasteiger partial charge in [-0.1, -0.05) is 5.17 Å². The highest BCUT2D eigenvalue weighted by Gasteiger charge is 2.43. The van der Waals surface area contributed by atoms with Crippen LogP contribution < -0.4 is 11.6 Å². The van der Waals surface area contributed by atoms with Gasteiger partial charge in [0.25, 0.3) is 0 Å². The summed E-state index contributed by atoms with van der Waals surface area (Å²) in [5, 5.41) is -0.518. The van der Waals surface area contributed by atoms with Crippen LogP contribution in [0.25, 0.3) is 0 Å². The largest absolute Gasteiger partial charge is 0.493 e. The fraction of sp³-hybridized carbons (Fsp3) is 0.333. The predicted molar refractivity (Wildman–Crippen MR) is 27.8 cm³/mol. The third-order valence-corrected chi connectivity index (χ3v) is 0.630. The number of urea groups is 1. The molecule has 0 unspecified atom stereocenters. The predicted octanol–water partition coefficient (Wildman–Crippen LogP) is -0.739. The lowest BCUT2D eigenvalue weighted by Gasteiger charge is -2.12. The first-order chi connectivity index (χ1) is 5.25. The van der Waals surface area contributed by atoms with Crippen molar-refractivity contribution in [3.05, 3.63) is 0 Å². The number of nitrogens with two attached hydrogens (primary N) is 2. The molecule has 4 N–H and O–H groups in total. The van der Waals surface area contributed by atoms with Crippen molar-refractivity contribution in [3.63, 3.8) is 0 Å². The molecule has 0 rings (SSSR count). The first-order valence-corrected chi connectivity index (χ1v) is 2.38. The molecule has 2 amide bonds. The molecule has 0 aliphatic carbocycles. The van der Waals surface area contributed by atoms with Crippen LogP contribution in [-0.2, 0) is 9.63 Å². The van der Waals surface area contributed by atoms with Crippen LogP contribution in [0.15, 0.2) is 0 Å². The van der Waals surface area contributed by atoms with E-state index in [1.807, 2.05) is 0 Å². The van der Waals surface area contributed by atoms with E-state index < -0.39 is 23.3 Å². The average molecular weight is 187 g/mol. The zero-order valence-corrected chi connectivity index (χ0v) is 5.46. The van der Waals surface area contributed by atoms with Gasteiger partial charge in [0.2, 0.25) is 0 Å². The monoisotopic (exact) mass is 187 g/mol. The Kier molecular flexibility index (Phi) is 2.85. The molecule has 0 spiro atoms. The van der Waals surface area contributed by atoms with E-state index in [1.54, 1.807) is 0 Å². The number of rotatable bonds is 0. The van der Waals surface area contributed by atoms with Crippen LogP contribution in [0.4, 0.5) is 18.0 Å². The summed E-state index contributed by atoms with van der Waals surface area (Å²) in [7, 11) is 0. The maximum absolute atomic E-state index is 11.4. The Balaban J connectivity index is 4.11. The molecule has 9 heteroatoms. The van der Waals surface area contributed by atoms with Gasteiger partial charge in [0.15, 0.2) is 0 Å². The Morgan fingerprint density at radius 3 is 2.00 bits per heavy atom. The van der Waals surface area contributed by atoms with Gasteiger partial charge in [-0.05, 0) is 0 Å². The normalized spacial score (nSPS) is 10.7. The number of halogens is 3.